The first-order valence-electron chi connectivity index (χ1n) is 11.6. The zero-order chi connectivity index (χ0) is 22.2. The summed E-state index contributed by atoms with van der Waals surface area (Å²) in [6.45, 7) is 3.06. The number of hydrogen-bond acceptors (Lipinski definition) is 5. The number of carbonyl (C=O) groups excluding carboxylic acids is 1. The van der Waals surface area contributed by atoms with E-state index in [1.807, 2.05) is 23.6 Å². The molecule has 1 unspecified atom stereocenters. The first kappa shape index (κ1) is 20.9. The van der Waals surface area contributed by atoms with Crippen molar-refractivity contribution >= 4 is 22.6 Å². The lowest BCUT2D eigenvalue weighted by molar-refractivity contribution is 0.0855. The maximum Gasteiger partial charge on any atom is 0.267 e. The third-order valence-electron chi connectivity index (χ3n) is 6.70. The predicted molar refractivity (Wildman–Crippen MR) is 121 cm³/mol. The summed E-state index contributed by atoms with van der Waals surface area (Å²) in [7, 11) is 0. The lowest BCUT2D eigenvalue weighted by atomic mass is 9.94. The topological polar surface area (TPSA) is 101 Å². The summed E-state index contributed by atoms with van der Waals surface area (Å²) < 4.78 is 8.97. The van der Waals surface area contributed by atoms with E-state index in [0.29, 0.717) is 23.2 Å². The minimum atomic E-state index is -0.342. The second kappa shape index (κ2) is 8.50. The number of rotatable bonds is 4. The number of nitrogens with zero attached hydrogens (tertiary/aromatic N) is 3. The van der Waals surface area contributed by atoms with Crippen LogP contribution in [0.2, 0.25) is 0 Å². The van der Waals surface area contributed by atoms with Gasteiger partial charge in [-0.1, -0.05) is 25.3 Å². The van der Waals surface area contributed by atoms with Crippen LogP contribution in [0.3, 0.4) is 0 Å². The number of pyridine rings is 2. The van der Waals surface area contributed by atoms with E-state index in [-0.39, 0.29) is 34.7 Å². The summed E-state index contributed by atoms with van der Waals surface area (Å²) in [6, 6.07) is 5.36. The molecule has 3 aromatic rings. The van der Waals surface area contributed by atoms with Crippen molar-refractivity contribution in [1.82, 2.24) is 19.3 Å². The fraction of sp³-hybridized carbons (Fsp3) is 0.500. The third-order valence-corrected chi connectivity index (χ3v) is 6.70. The number of ether oxygens (including phenoxy) is 1. The van der Waals surface area contributed by atoms with E-state index in [4.69, 9.17) is 15.1 Å². The Balaban J connectivity index is 1.68. The van der Waals surface area contributed by atoms with Gasteiger partial charge in [0.25, 0.3) is 11.5 Å². The average Bonchev–Trinajstić information content (AvgIpc) is 3.32. The largest absolute Gasteiger partial charge is 0.376 e. The molecule has 2 aliphatic rings. The molecule has 1 aliphatic heterocycles. The van der Waals surface area contributed by atoms with Crippen molar-refractivity contribution in [3.63, 3.8) is 0 Å². The number of aryl methyl sites for hydroxylation is 1. The zero-order valence-corrected chi connectivity index (χ0v) is 18.4. The van der Waals surface area contributed by atoms with Crippen LogP contribution < -0.4 is 16.4 Å². The molecule has 5 rings (SSSR count). The molecular formula is C24H29N5O3. The summed E-state index contributed by atoms with van der Waals surface area (Å²) >= 11 is 0. The second-order valence-corrected chi connectivity index (χ2v) is 9.00. The average molecular weight is 436 g/mol. The van der Waals surface area contributed by atoms with E-state index in [1.54, 1.807) is 12.3 Å². The molecule has 2 N–H and O–H groups in total. The van der Waals surface area contributed by atoms with Crippen LogP contribution in [0.4, 0.5) is 0 Å². The van der Waals surface area contributed by atoms with Crippen molar-refractivity contribution in [1.29, 1.82) is 5.41 Å². The molecule has 8 nitrogen and oxygen atoms in total. The van der Waals surface area contributed by atoms with Crippen molar-refractivity contribution < 1.29 is 9.53 Å². The van der Waals surface area contributed by atoms with Gasteiger partial charge in [-0.25, -0.2) is 4.98 Å². The number of nitrogens with one attached hydrogen (secondary N) is 2. The highest BCUT2D eigenvalue weighted by Gasteiger charge is 2.24. The Kier molecular flexibility index (Phi) is 5.55. The predicted octanol–water partition coefficient (Wildman–Crippen LogP) is 2.85. The molecule has 8 heteroatoms. The highest BCUT2D eigenvalue weighted by molar-refractivity contribution is 5.96. The van der Waals surface area contributed by atoms with Gasteiger partial charge in [0.2, 0.25) is 0 Å². The van der Waals surface area contributed by atoms with Crippen molar-refractivity contribution in [2.24, 2.45) is 0 Å². The molecule has 1 saturated carbocycles. The van der Waals surface area contributed by atoms with E-state index in [1.165, 1.54) is 10.8 Å². The Hall–Kier alpha value is -3.00. The fourth-order valence-electron chi connectivity index (χ4n) is 4.98. The van der Waals surface area contributed by atoms with Crippen LogP contribution in [0.25, 0.3) is 16.7 Å². The molecule has 0 spiro atoms. The van der Waals surface area contributed by atoms with E-state index in [2.05, 4.69) is 5.32 Å². The van der Waals surface area contributed by atoms with Crippen LogP contribution in [0, 0.1) is 12.3 Å². The standard InChI is InChI=1S/C24H29N5O3/c1-15-9-10-20-27-22-19(24(31)28(20)14-15)12-18(23(30)26-13-17-8-5-11-32-17)21(25)29(22)16-6-3-2-4-7-16/h9-10,12,14,16-17,25H,2-8,11,13H2,1H3,(H,26,30). The van der Waals surface area contributed by atoms with E-state index < -0.39 is 0 Å². The van der Waals surface area contributed by atoms with Crippen molar-refractivity contribution in [3.05, 3.63) is 51.4 Å². The molecule has 32 heavy (non-hydrogen) atoms. The molecule has 0 radical (unpaired) electrons. The zero-order valence-electron chi connectivity index (χ0n) is 18.4. The van der Waals surface area contributed by atoms with Gasteiger partial charge in [0.05, 0.1) is 17.1 Å². The fourth-order valence-corrected chi connectivity index (χ4v) is 4.98. The Morgan fingerprint density at radius 1 is 1.22 bits per heavy atom. The van der Waals surface area contributed by atoms with Gasteiger partial charge in [-0.2, -0.15) is 0 Å². The summed E-state index contributed by atoms with van der Waals surface area (Å²) in [5, 5.41) is 12.2. The molecule has 1 amide bonds. The molecule has 1 atom stereocenters. The number of aromatic nitrogens is 3. The van der Waals surface area contributed by atoms with Gasteiger partial charge < -0.3 is 14.6 Å². The van der Waals surface area contributed by atoms with Crippen LogP contribution in [-0.4, -0.2) is 39.1 Å². The van der Waals surface area contributed by atoms with Crippen molar-refractivity contribution in [3.8, 4) is 0 Å². The summed E-state index contributed by atoms with van der Waals surface area (Å²) in [5.74, 6) is -0.342. The Labute approximate surface area is 185 Å². The molecule has 0 bridgehead atoms. The highest BCUT2D eigenvalue weighted by atomic mass is 16.5. The Bertz CT molecular complexity index is 1300. The molecule has 1 saturated heterocycles. The molecule has 4 heterocycles. The Morgan fingerprint density at radius 3 is 2.78 bits per heavy atom. The smallest absolute Gasteiger partial charge is 0.267 e. The summed E-state index contributed by atoms with van der Waals surface area (Å²) in [4.78, 5) is 31.3. The minimum Gasteiger partial charge on any atom is -0.376 e. The first-order chi connectivity index (χ1) is 15.5. The van der Waals surface area contributed by atoms with E-state index in [9.17, 15) is 9.59 Å². The lowest BCUT2D eigenvalue weighted by Crippen LogP contribution is -2.39. The molecule has 168 valence electrons. The number of amides is 1. The monoisotopic (exact) mass is 435 g/mol. The van der Waals surface area contributed by atoms with Crippen molar-refractivity contribution in [2.75, 3.05) is 13.2 Å². The van der Waals surface area contributed by atoms with Crippen LogP contribution in [0.15, 0.2) is 29.2 Å². The van der Waals surface area contributed by atoms with Gasteiger partial charge in [0.1, 0.15) is 16.8 Å². The Morgan fingerprint density at radius 2 is 2.03 bits per heavy atom. The van der Waals surface area contributed by atoms with Gasteiger partial charge in [0, 0.05) is 25.4 Å². The second-order valence-electron chi connectivity index (χ2n) is 9.00. The maximum atomic E-state index is 13.4. The molecular weight excluding hydrogens is 406 g/mol. The van der Waals surface area contributed by atoms with Crippen LogP contribution in [0.1, 0.15) is 66.9 Å². The SMILES string of the molecule is Cc1ccc2nc3c(cc(C(=O)NCC4CCCO4)c(=N)n3C3CCCCC3)c(=O)n2c1. The maximum absolute atomic E-state index is 13.4. The highest BCUT2D eigenvalue weighted by Crippen LogP contribution is 2.29. The quantitative estimate of drug-likeness (QED) is 0.615. The number of hydrogen-bond donors (Lipinski definition) is 2. The summed E-state index contributed by atoms with van der Waals surface area (Å²) in [5.41, 5.74) is 2.11. The van der Waals surface area contributed by atoms with Gasteiger partial charge >= 0.3 is 0 Å². The molecule has 3 aromatic heterocycles. The molecule has 0 aromatic carbocycles. The van der Waals surface area contributed by atoms with Gasteiger partial charge in [-0.3, -0.25) is 19.4 Å². The van der Waals surface area contributed by atoms with Crippen LogP contribution in [-0.2, 0) is 4.74 Å². The molecule has 2 fully saturated rings. The number of carbonyl (C=O) groups is 1. The van der Waals surface area contributed by atoms with Gasteiger partial charge in [-0.15, -0.1) is 0 Å². The normalized spacial score (nSPS) is 19.6. The third kappa shape index (κ3) is 3.72. The van der Waals surface area contributed by atoms with E-state index >= 15 is 0 Å². The van der Waals surface area contributed by atoms with Gasteiger partial charge in [-0.05, 0) is 50.3 Å². The first-order valence-corrected chi connectivity index (χ1v) is 11.6. The van der Waals surface area contributed by atoms with Crippen LogP contribution in [0.5, 0.6) is 0 Å². The van der Waals surface area contributed by atoms with Crippen LogP contribution >= 0.6 is 0 Å². The summed E-state index contributed by atoms with van der Waals surface area (Å²) in [6.07, 6.45) is 8.84. The minimum absolute atomic E-state index is 0.0123. The van der Waals surface area contributed by atoms with Gasteiger partial charge in [0.15, 0.2) is 0 Å². The van der Waals surface area contributed by atoms with Crippen molar-refractivity contribution in [2.45, 2.75) is 64.0 Å². The lowest BCUT2D eigenvalue weighted by Gasteiger charge is -2.26. The number of fused-ring (bicyclic) bond motifs is 2. The van der Waals surface area contributed by atoms with E-state index in [0.717, 1.165) is 50.7 Å². The molecule has 1 aliphatic carbocycles.